The van der Waals surface area contributed by atoms with E-state index in [1.807, 2.05) is 0 Å². The molecule has 0 spiro atoms. The minimum absolute atomic E-state index is 0.0735. The second-order valence-electron chi connectivity index (χ2n) is 7.03. The van der Waals surface area contributed by atoms with Crippen molar-refractivity contribution in [1.82, 2.24) is 4.31 Å². The van der Waals surface area contributed by atoms with E-state index in [1.165, 1.54) is 33.5 Å². The predicted octanol–water partition coefficient (Wildman–Crippen LogP) is 3.34. The zero-order valence-corrected chi connectivity index (χ0v) is 17.8. The zero-order chi connectivity index (χ0) is 20.8. The number of nitrogens with zero attached hydrogens (tertiary/aromatic N) is 3. The maximum atomic E-state index is 13.2. The quantitative estimate of drug-likeness (QED) is 0.494. The average Bonchev–Trinajstić information content (AvgIpc) is 3.37. The molecule has 0 aromatic heterocycles. The molecule has 0 aliphatic carbocycles. The first-order chi connectivity index (χ1) is 13.8. The van der Waals surface area contributed by atoms with Crippen LogP contribution in [0.3, 0.4) is 0 Å². The Morgan fingerprint density at radius 1 is 1.07 bits per heavy atom. The number of nitro groups is 1. The van der Waals surface area contributed by atoms with Crippen LogP contribution >= 0.6 is 15.9 Å². The van der Waals surface area contributed by atoms with E-state index in [9.17, 15) is 23.3 Å². The molecule has 0 N–H and O–H groups in total. The average molecular weight is 480 g/mol. The second-order valence-corrected chi connectivity index (χ2v) is 9.82. The number of rotatable bonds is 4. The normalized spacial score (nSPS) is 16.8. The highest BCUT2D eigenvalue weighted by Gasteiger charge is 2.31. The third-order valence-corrected chi connectivity index (χ3v) is 7.88. The fourth-order valence-electron chi connectivity index (χ4n) is 3.74. The highest BCUT2D eigenvalue weighted by molar-refractivity contribution is 9.10. The van der Waals surface area contributed by atoms with Crippen molar-refractivity contribution in [3.63, 3.8) is 0 Å². The van der Waals surface area contributed by atoms with Gasteiger partial charge in [0, 0.05) is 36.2 Å². The lowest BCUT2D eigenvalue weighted by molar-refractivity contribution is -0.384. The lowest BCUT2D eigenvalue weighted by Gasteiger charge is -2.20. The van der Waals surface area contributed by atoms with Gasteiger partial charge in [0.25, 0.3) is 11.6 Å². The number of hydrogen-bond acceptors (Lipinski definition) is 5. The third kappa shape index (κ3) is 3.56. The molecule has 2 aromatic rings. The number of fused-ring (bicyclic) bond motifs is 1. The van der Waals surface area contributed by atoms with E-state index in [1.54, 1.807) is 12.1 Å². The number of nitro benzene ring substituents is 1. The minimum Gasteiger partial charge on any atom is -0.307 e. The van der Waals surface area contributed by atoms with Crippen LogP contribution in [0.4, 0.5) is 11.4 Å². The van der Waals surface area contributed by atoms with E-state index in [0.717, 1.165) is 18.4 Å². The molecule has 2 aliphatic heterocycles. The van der Waals surface area contributed by atoms with Crippen molar-refractivity contribution in [2.75, 3.05) is 24.5 Å². The van der Waals surface area contributed by atoms with Crippen molar-refractivity contribution in [2.24, 2.45) is 0 Å². The number of carbonyl (C=O) groups is 1. The molecule has 0 saturated carbocycles. The number of carbonyl (C=O) groups excluding carboxylic acids is 1. The van der Waals surface area contributed by atoms with Crippen LogP contribution in [-0.4, -0.2) is 43.2 Å². The zero-order valence-electron chi connectivity index (χ0n) is 15.4. The highest BCUT2D eigenvalue weighted by atomic mass is 79.9. The molecular formula is C19H18BrN3O5S. The smallest absolute Gasteiger partial charge is 0.271 e. The van der Waals surface area contributed by atoms with Gasteiger partial charge in [0.2, 0.25) is 10.0 Å². The lowest BCUT2D eigenvalue weighted by Crippen LogP contribution is -2.30. The molecule has 4 rings (SSSR count). The second kappa shape index (κ2) is 7.51. The van der Waals surface area contributed by atoms with Crippen molar-refractivity contribution >= 4 is 43.2 Å². The molecule has 2 aromatic carbocycles. The van der Waals surface area contributed by atoms with Gasteiger partial charge in [-0.1, -0.05) is 6.07 Å². The molecule has 10 heteroatoms. The Morgan fingerprint density at radius 2 is 1.79 bits per heavy atom. The maximum Gasteiger partial charge on any atom is 0.271 e. The summed E-state index contributed by atoms with van der Waals surface area (Å²) in [5.41, 5.74) is 1.46. The summed E-state index contributed by atoms with van der Waals surface area (Å²) in [5.74, 6) is -0.394. The Balaban J connectivity index is 1.71. The van der Waals surface area contributed by atoms with Gasteiger partial charge < -0.3 is 4.90 Å². The molecule has 1 amide bonds. The summed E-state index contributed by atoms with van der Waals surface area (Å²) < 4.78 is 27.6. The van der Waals surface area contributed by atoms with Crippen molar-refractivity contribution in [3.05, 3.63) is 62.1 Å². The molecule has 0 unspecified atom stereocenters. The van der Waals surface area contributed by atoms with Gasteiger partial charge in [-0.25, -0.2) is 8.42 Å². The third-order valence-electron chi connectivity index (χ3n) is 5.29. The van der Waals surface area contributed by atoms with Gasteiger partial charge >= 0.3 is 0 Å². The number of halogens is 1. The highest BCUT2D eigenvalue weighted by Crippen LogP contribution is 2.34. The van der Waals surface area contributed by atoms with Crippen LogP contribution in [0.1, 0.15) is 28.8 Å². The first-order valence-corrected chi connectivity index (χ1v) is 11.4. The number of sulfonamides is 1. The molecule has 1 saturated heterocycles. The van der Waals surface area contributed by atoms with E-state index in [-0.39, 0.29) is 16.1 Å². The summed E-state index contributed by atoms with van der Waals surface area (Å²) in [5, 5.41) is 11.1. The van der Waals surface area contributed by atoms with Gasteiger partial charge in [0.05, 0.1) is 21.1 Å². The van der Waals surface area contributed by atoms with E-state index >= 15 is 0 Å². The van der Waals surface area contributed by atoms with Gasteiger partial charge in [0.1, 0.15) is 0 Å². The number of non-ortho nitro benzene ring substituents is 1. The Hall–Kier alpha value is -2.30. The van der Waals surface area contributed by atoms with Crippen LogP contribution < -0.4 is 4.90 Å². The van der Waals surface area contributed by atoms with E-state index in [0.29, 0.717) is 36.2 Å². The van der Waals surface area contributed by atoms with Crippen LogP contribution in [0, 0.1) is 10.1 Å². The summed E-state index contributed by atoms with van der Waals surface area (Å²) in [4.78, 5) is 25.4. The van der Waals surface area contributed by atoms with Gasteiger partial charge in [-0.3, -0.25) is 14.9 Å². The number of hydrogen-bond donors (Lipinski definition) is 0. The summed E-state index contributed by atoms with van der Waals surface area (Å²) in [7, 11) is -3.66. The summed E-state index contributed by atoms with van der Waals surface area (Å²) in [6.45, 7) is 1.33. The monoisotopic (exact) mass is 479 g/mol. The Kier molecular flexibility index (Phi) is 5.18. The Bertz CT molecular complexity index is 1110. The lowest BCUT2D eigenvalue weighted by atomic mass is 10.1. The topological polar surface area (TPSA) is 101 Å². The maximum absolute atomic E-state index is 13.2. The Labute approximate surface area is 176 Å². The van der Waals surface area contributed by atoms with Crippen molar-refractivity contribution < 1.29 is 18.1 Å². The van der Waals surface area contributed by atoms with Crippen molar-refractivity contribution in [3.8, 4) is 0 Å². The number of anilines is 1. The van der Waals surface area contributed by atoms with Crippen LogP contribution in [-0.2, 0) is 16.4 Å². The van der Waals surface area contributed by atoms with Crippen LogP contribution in [0.2, 0.25) is 0 Å². The van der Waals surface area contributed by atoms with Crippen molar-refractivity contribution in [2.45, 2.75) is 24.2 Å². The van der Waals surface area contributed by atoms with Gasteiger partial charge in [-0.15, -0.1) is 0 Å². The van der Waals surface area contributed by atoms with Crippen LogP contribution in [0.15, 0.2) is 45.8 Å². The standard InChI is InChI=1S/C19H18BrN3O5S/c20-17-6-5-15(29(27,28)21-8-1-2-9-21)12-16(17)19(24)22-10-7-13-3-4-14(23(25)26)11-18(13)22/h3-6,11-12H,1-2,7-10H2. The van der Waals surface area contributed by atoms with Gasteiger partial charge in [-0.2, -0.15) is 4.31 Å². The molecule has 152 valence electrons. The number of benzene rings is 2. The van der Waals surface area contributed by atoms with E-state index in [4.69, 9.17) is 0 Å². The molecule has 2 heterocycles. The SMILES string of the molecule is O=C(c1cc(S(=O)(=O)N2CCCC2)ccc1Br)N1CCc2ccc([N+](=O)[O-])cc21. The van der Waals surface area contributed by atoms with Gasteiger partial charge in [0.15, 0.2) is 0 Å². The van der Waals surface area contributed by atoms with Crippen LogP contribution in [0.25, 0.3) is 0 Å². The fraction of sp³-hybridized carbons (Fsp3) is 0.316. The summed E-state index contributed by atoms with van der Waals surface area (Å²) >= 11 is 3.34. The molecule has 29 heavy (non-hydrogen) atoms. The summed E-state index contributed by atoms with van der Waals surface area (Å²) in [6.07, 6.45) is 2.23. The fourth-order valence-corrected chi connectivity index (χ4v) is 5.70. The molecule has 2 aliphatic rings. The van der Waals surface area contributed by atoms with Gasteiger partial charge in [-0.05, 0) is 59.0 Å². The van der Waals surface area contributed by atoms with Crippen LogP contribution in [0.5, 0.6) is 0 Å². The van der Waals surface area contributed by atoms with Crippen molar-refractivity contribution in [1.29, 1.82) is 0 Å². The van der Waals surface area contributed by atoms with E-state index in [2.05, 4.69) is 15.9 Å². The van der Waals surface area contributed by atoms with E-state index < -0.39 is 20.9 Å². The molecule has 8 nitrogen and oxygen atoms in total. The molecule has 0 atom stereocenters. The number of amides is 1. The molecule has 0 bridgehead atoms. The predicted molar refractivity (Wildman–Crippen MR) is 111 cm³/mol. The first kappa shape index (κ1) is 20.0. The molecule has 0 radical (unpaired) electrons. The Morgan fingerprint density at radius 3 is 2.48 bits per heavy atom. The first-order valence-electron chi connectivity index (χ1n) is 9.18. The largest absolute Gasteiger partial charge is 0.307 e. The molecular weight excluding hydrogens is 462 g/mol. The minimum atomic E-state index is -3.66. The molecule has 1 fully saturated rings. The summed E-state index contributed by atoms with van der Waals surface area (Å²) in [6, 6.07) is 8.89.